The maximum atomic E-state index is 12.3. The van der Waals surface area contributed by atoms with E-state index >= 15 is 0 Å². The minimum absolute atomic E-state index is 0.000243. The van der Waals surface area contributed by atoms with Crippen LogP contribution in [0, 0.1) is 0 Å². The molecule has 0 atom stereocenters. The van der Waals surface area contributed by atoms with Gasteiger partial charge in [0.25, 0.3) is 5.91 Å². The second-order valence-corrected chi connectivity index (χ2v) is 4.61. The fraction of sp³-hybridized carbons (Fsp3) is 0.538. The lowest BCUT2D eigenvalue weighted by Gasteiger charge is -2.17. The van der Waals surface area contributed by atoms with E-state index in [1.165, 1.54) is 0 Å². The van der Waals surface area contributed by atoms with Gasteiger partial charge in [0.2, 0.25) is 0 Å². The Bertz CT molecular complexity index is 438. The number of hydrogen-bond donors (Lipinski definition) is 2. The average molecular weight is 248 g/mol. The molecule has 2 N–H and O–H groups in total. The summed E-state index contributed by atoms with van der Waals surface area (Å²) in [7, 11) is 1.82. The van der Waals surface area contributed by atoms with Crippen LogP contribution in [-0.4, -0.2) is 41.1 Å². The number of allylic oxidation sites excluding steroid dienone is 1. The highest BCUT2D eigenvalue weighted by atomic mass is 16.2. The molecule has 0 spiro atoms. The first kappa shape index (κ1) is 12.8. The zero-order valence-electron chi connectivity index (χ0n) is 10.8. The fourth-order valence-corrected chi connectivity index (χ4v) is 2.16. The largest absolute Gasteiger partial charge is 0.340 e. The van der Waals surface area contributed by atoms with Gasteiger partial charge in [-0.15, -0.1) is 6.58 Å². The van der Waals surface area contributed by atoms with E-state index in [0.717, 1.165) is 50.2 Å². The van der Waals surface area contributed by atoms with Gasteiger partial charge in [0, 0.05) is 44.4 Å². The highest BCUT2D eigenvalue weighted by Crippen LogP contribution is 2.16. The summed E-state index contributed by atoms with van der Waals surface area (Å²) >= 11 is 0. The number of carbonyl (C=O) groups excluding carboxylic acids is 1. The molecule has 1 aliphatic rings. The number of nitrogens with zero attached hydrogens (tertiary/aromatic N) is 2. The molecule has 0 saturated carbocycles. The lowest BCUT2D eigenvalue weighted by molar-refractivity contribution is 0.0786. The van der Waals surface area contributed by atoms with Gasteiger partial charge < -0.3 is 10.2 Å². The zero-order valence-corrected chi connectivity index (χ0v) is 10.8. The van der Waals surface area contributed by atoms with Crippen molar-refractivity contribution in [3.63, 3.8) is 0 Å². The monoisotopic (exact) mass is 248 g/mol. The molecule has 2 heterocycles. The van der Waals surface area contributed by atoms with E-state index in [1.54, 1.807) is 4.90 Å². The van der Waals surface area contributed by atoms with E-state index in [4.69, 9.17) is 0 Å². The van der Waals surface area contributed by atoms with Gasteiger partial charge in [-0.2, -0.15) is 5.10 Å². The smallest absolute Gasteiger partial charge is 0.274 e. The van der Waals surface area contributed by atoms with E-state index in [9.17, 15) is 4.79 Å². The standard InChI is InChI=1S/C13H20N4O/c1-3-4-5-8-17(2)13(18)12-10-9-14-7-6-11(10)15-16-12/h3,14H,1,4-9H2,2H3,(H,15,16). The predicted octanol–water partition coefficient (Wildman–Crippen LogP) is 1.09. The lowest BCUT2D eigenvalue weighted by Crippen LogP contribution is -2.30. The molecule has 18 heavy (non-hydrogen) atoms. The molecule has 1 aromatic rings. The van der Waals surface area contributed by atoms with Crippen LogP contribution in [-0.2, 0) is 13.0 Å². The number of nitrogens with one attached hydrogen (secondary N) is 2. The maximum Gasteiger partial charge on any atom is 0.274 e. The Morgan fingerprint density at radius 2 is 2.44 bits per heavy atom. The van der Waals surface area contributed by atoms with Crippen LogP contribution < -0.4 is 5.32 Å². The summed E-state index contributed by atoms with van der Waals surface area (Å²) in [5, 5.41) is 10.4. The molecule has 2 rings (SSSR count). The number of unbranched alkanes of at least 4 members (excludes halogenated alkanes) is 1. The molecule has 5 nitrogen and oxygen atoms in total. The zero-order chi connectivity index (χ0) is 13.0. The van der Waals surface area contributed by atoms with Crippen molar-refractivity contribution in [2.45, 2.75) is 25.8 Å². The average Bonchev–Trinajstić information content (AvgIpc) is 2.82. The Labute approximate surface area is 107 Å². The Hall–Kier alpha value is -1.62. The van der Waals surface area contributed by atoms with Gasteiger partial charge in [-0.05, 0) is 12.8 Å². The van der Waals surface area contributed by atoms with E-state index in [-0.39, 0.29) is 5.91 Å². The summed E-state index contributed by atoms with van der Waals surface area (Å²) < 4.78 is 0. The molecule has 0 aliphatic carbocycles. The van der Waals surface area contributed by atoms with Crippen LogP contribution >= 0.6 is 0 Å². The van der Waals surface area contributed by atoms with Crippen LogP contribution in [0.2, 0.25) is 0 Å². The lowest BCUT2D eigenvalue weighted by atomic mass is 10.1. The quantitative estimate of drug-likeness (QED) is 0.606. The number of H-pyrrole nitrogens is 1. The van der Waals surface area contributed by atoms with E-state index in [1.807, 2.05) is 13.1 Å². The Morgan fingerprint density at radius 3 is 3.22 bits per heavy atom. The molecule has 0 bridgehead atoms. The summed E-state index contributed by atoms with van der Waals surface area (Å²) in [6.45, 7) is 6.09. The number of aromatic nitrogens is 2. The van der Waals surface area contributed by atoms with Crippen LogP contribution in [0.25, 0.3) is 0 Å². The summed E-state index contributed by atoms with van der Waals surface area (Å²) in [5.74, 6) is 0.000243. The second-order valence-electron chi connectivity index (χ2n) is 4.61. The van der Waals surface area contributed by atoms with Gasteiger partial charge >= 0.3 is 0 Å². The molecule has 0 unspecified atom stereocenters. The minimum atomic E-state index is 0.000243. The molecule has 98 valence electrons. The van der Waals surface area contributed by atoms with Crippen molar-refractivity contribution < 1.29 is 4.79 Å². The third-order valence-corrected chi connectivity index (χ3v) is 3.26. The van der Waals surface area contributed by atoms with Crippen molar-refractivity contribution in [1.29, 1.82) is 0 Å². The summed E-state index contributed by atoms with van der Waals surface area (Å²) in [5.41, 5.74) is 2.69. The van der Waals surface area contributed by atoms with Gasteiger partial charge in [0.15, 0.2) is 5.69 Å². The molecular weight excluding hydrogens is 228 g/mol. The molecule has 5 heteroatoms. The SMILES string of the molecule is C=CCCCN(C)C(=O)c1n[nH]c2c1CNCC2. The normalized spacial score (nSPS) is 14.1. The van der Waals surface area contributed by atoms with Gasteiger partial charge in [-0.1, -0.05) is 6.08 Å². The van der Waals surface area contributed by atoms with Crippen LogP contribution in [0.4, 0.5) is 0 Å². The number of fused-ring (bicyclic) bond motifs is 1. The van der Waals surface area contributed by atoms with Crippen molar-refractivity contribution in [2.24, 2.45) is 0 Å². The first-order chi connectivity index (χ1) is 8.74. The van der Waals surface area contributed by atoms with Gasteiger partial charge in [-0.3, -0.25) is 9.89 Å². The topological polar surface area (TPSA) is 61.0 Å². The molecule has 0 radical (unpaired) electrons. The van der Waals surface area contributed by atoms with Crippen LogP contribution in [0.5, 0.6) is 0 Å². The predicted molar refractivity (Wildman–Crippen MR) is 70.4 cm³/mol. The highest BCUT2D eigenvalue weighted by molar-refractivity contribution is 5.93. The van der Waals surface area contributed by atoms with Crippen molar-refractivity contribution in [3.8, 4) is 0 Å². The van der Waals surface area contributed by atoms with Crippen molar-refractivity contribution in [3.05, 3.63) is 29.6 Å². The van der Waals surface area contributed by atoms with Gasteiger partial charge in [0.1, 0.15) is 0 Å². The third-order valence-electron chi connectivity index (χ3n) is 3.26. The van der Waals surface area contributed by atoms with Crippen LogP contribution in [0.3, 0.4) is 0 Å². The molecule has 0 aromatic carbocycles. The molecule has 1 aliphatic heterocycles. The van der Waals surface area contributed by atoms with Crippen LogP contribution in [0.15, 0.2) is 12.7 Å². The molecule has 1 amide bonds. The van der Waals surface area contributed by atoms with Gasteiger partial charge in [0.05, 0.1) is 0 Å². The number of hydrogen-bond acceptors (Lipinski definition) is 3. The highest BCUT2D eigenvalue weighted by Gasteiger charge is 2.23. The third kappa shape index (κ3) is 2.61. The Morgan fingerprint density at radius 1 is 1.61 bits per heavy atom. The molecular formula is C13H20N4O. The first-order valence-corrected chi connectivity index (χ1v) is 6.37. The number of aromatic amines is 1. The van der Waals surface area contributed by atoms with Crippen molar-refractivity contribution in [1.82, 2.24) is 20.4 Å². The Balaban J connectivity index is 2.04. The molecule has 0 saturated heterocycles. The second kappa shape index (κ2) is 5.82. The van der Waals surface area contributed by atoms with Crippen LogP contribution in [0.1, 0.15) is 34.6 Å². The van der Waals surface area contributed by atoms with E-state index < -0.39 is 0 Å². The summed E-state index contributed by atoms with van der Waals surface area (Å²) in [4.78, 5) is 14.0. The van der Waals surface area contributed by atoms with Gasteiger partial charge in [-0.25, -0.2) is 0 Å². The number of carbonyl (C=O) groups is 1. The molecule has 1 aromatic heterocycles. The minimum Gasteiger partial charge on any atom is -0.340 e. The maximum absolute atomic E-state index is 12.3. The number of rotatable bonds is 5. The van der Waals surface area contributed by atoms with E-state index in [0.29, 0.717) is 5.69 Å². The first-order valence-electron chi connectivity index (χ1n) is 6.37. The fourth-order valence-electron chi connectivity index (χ4n) is 2.16. The number of amides is 1. The summed E-state index contributed by atoms with van der Waals surface area (Å²) in [6, 6.07) is 0. The molecule has 0 fully saturated rings. The van der Waals surface area contributed by atoms with Crippen molar-refractivity contribution in [2.75, 3.05) is 20.1 Å². The summed E-state index contributed by atoms with van der Waals surface area (Å²) in [6.07, 6.45) is 4.66. The van der Waals surface area contributed by atoms with E-state index in [2.05, 4.69) is 22.1 Å². The Kier molecular flexibility index (Phi) is 4.15. The van der Waals surface area contributed by atoms with Crippen molar-refractivity contribution >= 4 is 5.91 Å².